The van der Waals surface area contributed by atoms with Gasteiger partial charge in [0.05, 0.1) is 16.8 Å². The van der Waals surface area contributed by atoms with Crippen molar-refractivity contribution in [2.45, 2.75) is 6.92 Å². The molecule has 86 valence electrons. The molecule has 0 unspecified atom stereocenters. The van der Waals surface area contributed by atoms with Crippen molar-refractivity contribution in [3.05, 3.63) is 41.9 Å². The molecule has 1 aromatic heterocycles. The maximum absolute atomic E-state index is 9.62. The van der Waals surface area contributed by atoms with Crippen molar-refractivity contribution in [2.75, 3.05) is 0 Å². The normalized spacial score (nSPS) is 12.5. The Bertz CT molecular complexity index is 713. The van der Waals surface area contributed by atoms with Crippen LogP contribution in [-0.2, 0) is 0 Å². The van der Waals surface area contributed by atoms with E-state index in [4.69, 9.17) is 0 Å². The predicted molar refractivity (Wildman–Crippen MR) is 71.2 cm³/mol. The maximum atomic E-state index is 9.62. The van der Waals surface area contributed by atoms with E-state index in [1.807, 2.05) is 30.3 Å². The molecule has 4 heteroatoms. The van der Waals surface area contributed by atoms with Gasteiger partial charge in [-0.1, -0.05) is 18.2 Å². The number of hydrogen-bond acceptors (Lipinski definition) is 3. The molecular weight excluding hydrogens is 236 g/mol. The fraction of sp³-hybridized carbons (Fsp3) is 0.0769. The molecule has 0 fully saturated rings. The second kappa shape index (κ2) is 4.18. The van der Waals surface area contributed by atoms with E-state index in [1.54, 1.807) is 6.92 Å². The van der Waals surface area contributed by atoms with Crippen LogP contribution >= 0.6 is 12.4 Å². The number of nitrogens with zero attached hydrogens (tertiary/aromatic N) is 2. The van der Waals surface area contributed by atoms with Crippen LogP contribution in [-0.4, -0.2) is 15.1 Å². The summed E-state index contributed by atoms with van der Waals surface area (Å²) in [7, 11) is 0. The summed E-state index contributed by atoms with van der Waals surface area (Å²) in [6.07, 6.45) is 1.53. The van der Waals surface area contributed by atoms with Gasteiger partial charge >= 0.3 is 0 Å². The van der Waals surface area contributed by atoms with Gasteiger partial charge in [0.15, 0.2) is 0 Å². The van der Waals surface area contributed by atoms with Gasteiger partial charge in [-0.15, -0.1) is 12.4 Å². The summed E-state index contributed by atoms with van der Waals surface area (Å²) in [5.74, 6) is 0.283. The molecule has 3 nitrogen and oxygen atoms in total. The molecule has 0 spiro atoms. The standard InChI is InChI=1S/C13H10N2O.ClH/c1-8(16)10-6-5-9-3-2-4-11-12(9)13(10)15-7-14-11;/h2-7,16H,1H3;1H/b10-8+;. The van der Waals surface area contributed by atoms with Crippen LogP contribution in [0, 0.1) is 0 Å². The topological polar surface area (TPSA) is 46.0 Å². The summed E-state index contributed by atoms with van der Waals surface area (Å²) in [4.78, 5) is 8.49. The maximum Gasteiger partial charge on any atom is 0.116 e. The summed E-state index contributed by atoms with van der Waals surface area (Å²) >= 11 is 0. The Balaban J connectivity index is 0.00000108. The molecule has 0 aliphatic heterocycles. The molecule has 1 N–H and O–H groups in total. The van der Waals surface area contributed by atoms with Gasteiger partial charge < -0.3 is 5.11 Å². The van der Waals surface area contributed by atoms with Crippen molar-refractivity contribution < 1.29 is 5.11 Å². The molecule has 0 bridgehead atoms. The summed E-state index contributed by atoms with van der Waals surface area (Å²) < 4.78 is 0. The molecule has 0 amide bonds. The molecule has 17 heavy (non-hydrogen) atoms. The highest BCUT2D eigenvalue weighted by Gasteiger charge is 2.05. The first-order valence-electron chi connectivity index (χ1n) is 5.09. The van der Waals surface area contributed by atoms with E-state index in [9.17, 15) is 5.11 Å². The van der Waals surface area contributed by atoms with Gasteiger partial charge in [0.25, 0.3) is 0 Å². The lowest BCUT2D eigenvalue weighted by Gasteiger charge is -2.04. The molecular formula is C13H11ClN2O. The Morgan fingerprint density at radius 1 is 1.12 bits per heavy atom. The van der Waals surface area contributed by atoms with Gasteiger partial charge in [0, 0.05) is 10.6 Å². The van der Waals surface area contributed by atoms with Crippen molar-refractivity contribution in [1.82, 2.24) is 9.97 Å². The summed E-state index contributed by atoms with van der Waals surface area (Å²) in [5, 5.41) is 12.5. The number of aliphatic hydroxyl groups excluding tert-OH is 1. The Hall–Kier alpha value is -1.87. The monoisotopic (exact) mass is 246 g/mol. The van der Waals surface area contributed by atoms with Gasteiger partial charge in [-0.05, 0) is 24.4 Å². The third kappa shape index (κ3) is 1.68. The third-order valence-electron chi connectivity index (χ3n) is 2.77. The molecule has 3 aromatic rings. The average molecular weight is 247 g/mol. The predicted octanol–water partition coefficient (Wildman–Crippen LogP) is 2.61. The zero-order valence-electron chi connectivity index (χ0n) is 9.21. The van der Waals surface area contributed by atoms with Crippen LogP contribution in [0.2, 0.25) is 0 Å². The van der Waals surface area contributed by atoms with Gasteiger partial charge in [-0.2, -0.15) is 0 Å². The zero-order valence-corrected chi connectivity index (χ0v) is 10.0. The largest absolute Gasteiger partial charge is 0.512 e. The highest BCUT2D eigenvalue weighted by atomic mass is 35.5. The van der Waals surface area contributed by atoms with E-state index in [1.165, 1.54) is 6.33 Å². The van der Waals surface area contributed by atoms with Crippen LogP contribution < -0.4 is 5.22 Å². The van der Waals surface area contributed by atoms with E-state index >= 15 is 0 Å². The molecule has 0 atom stereocenters. The van der Waals surface area contributed by atoms with Crippen molar-refractivity contribution in [1.29, 1.82) is 0 Å². The van der Waals surface area contributed by atoms with Crippen molar-refractivity contribution in [2.24, 2.45) is 0 Å². The number of aliphatic hydroxyl groups is 1. The van der Waals surface area contributed by atoms with Gasteiger partial charge in [-0.25, -0.2) is 9.97 Å². The Labute approximate surface area is 104 Å². The molecule has 3 rings (SSSR count). The number of hydrogen-bond donors (Lipinski definition) is 1. The van der Waals surface area contributed by atoms with E-state index in [-0.39, 0.29) is 18.2 Å². The quantitative estimate of drug-likeness (QED) is 0.663. The number of halogens is 1. The van der Waals surface area contributed by atoms with Crippen molar-refractivity contribution in [3.63, 3.8) is 0 Å². The zero-order chi connectivity index (χ0) is 11.1. The summed E-state index contributed by atoms with van der Waals surface area (Å²) in [6.45, 7) is 1.67. The van der Waals surface area contributed by atoms with Crippen LogP contribution in [0.25, 0.3) is 27.6 Å². The lowest BCUT2D eigenvalue weighted by atomic mass is 10.1. The lowest BCUT2D eigenvalue weighted by Crippen LogP contribution is -2.07. The van der Waals surface area contributed by atoms with E-state index < -0.39 is 0 Å². The molecule has 0 aliphatic rings. The van der Waals surface area contributed by atoms with Gasteiger partial charge in [0.1, 0.15) is 6.33 Å². The van der Waals surface area contributed by atoms with Crippen LogP contribution in [0.3, 0.4) is 0 Å². The number of benzene rings is 2. The van der Waals surface area contributed by atoms with Crippen molar-refractivity contribution in [3.8, 4) is 0 Å². The summed E-state index contributed by atoms with van der Waals surface area (Å²) in [6, 6.07) is 9.81. The Morgan fingerprint density at radius 3 is 2.71 bits per heavy atom. The first-order valence-corrected chi connectivity index (χ1v) is 5.09. The minimum absolute atomic E-state index is 0. The molecule has 0 saturated heterocycles. The van der Waals surface area contributed by atoms with E-state index in [2.05, 4.69) is 9.97 Å². The second-order valence-corrected chi connectivity index (χ2v) is 3.80. The van der Waals surface area contributed by atoms with Gasteiger partial charge in [0.2, 0.25) is 0 Å². The number of rotatable bonds is 0. The van der Waals surface area contributed by atoms with E-state index in [0.717, 1.165) is 27.0 Å². The van der Waals surface area contributed by atoms with Crippen molar-refractivity contribution >= 4 is 40.0 Å². The summed E-state index contributed by atoms with van der Waals surface area (Å²) in [5.41, 5.74) is 1.72. The van der Waals surface area contributed by atoms with Crippen LogP contribution in [0.4, 0.5) is 0 Å². The Morgan fingerprint density at radius 2 is 1.94 bits per heavy atom. The molecule has 2 aromatic carbocycles. The average Bonchev–Trinajstić information content (AvgIpc) is 2.30. The lowest BCUT2D eigenvalue weighted by molar-refractivity contribution is 0.499. The third-order valence-corrected chi connectivity index (χ3v) is 2.77. The minimum Gasteiger partial charge on any atom is -0.512 e. The highest BCUT2D eigenvalue weighted by molar-refractivity contribution is 6.06. The van der Waals surface area contributed by atoms with Gasteiger partial charge in [-0.3, -0.25) is 0 Å². The molecule has 0 aliphatic carbocycles. The fourth-order valence-corrected chi connectivity index (χ4v) is 2.02. The minimum atomic E-state index is 0. The molecule has 1 heterocycles. The fourth-order valence-electron chi connectivity index (χ4n) is 2.02. The van der Waals surface area contributed by atoms with E-state index in [0.29, 0.717) is 0 Å². The first kappa shape index (κ1) is 11.6. The van der Waals surface area contributed by atoms with Crippen LogP contribution in [0.5, 0.6) is 0 Å². The van der Waals surface area contributed by atoms with Crippen LogP contribution in [0.1, 0.15) is 6.92 Å². The Kier molecular flexibility index (Phi) is 2.86. The number of aromatic nitrogens is 2. The molecule has 0 saturated carbocycles. The molecule has 0 radical (unpaired) electrons. The highest BCUT2D eigenvalue weighted by Crippen LogP contribution is 2.20. The second-order valence-electron chi connectivity index (χ2n) is 3.80. The SMILES string of the molecule is C/C(O)=c1/ccc2cccc3ncnc1c23.Cl. The smallest absolute Gasteiger partial charge is 0.116 e. The first-order chi connectivity index (χ1) is 7.77. The van der Waals surface area contributed by atoms with Crippen LogP contribution in [0.15, 0.2) is 36.7 Å².